The quantitative estimate of drug-likeness (QED) is 0.677. The number of halogens is 1. The standard InChI is InChI=1S/C20H16BrN3O2/c1-25-14-6-7-19(26-2)16(9-14)15-10-18(24-20(23)17(15)11-22)12-4-3-5-13(21)8-12/h3-10H,1-2H3,(H2,23,24). The van der Waals surface area contributed by atoms with Gasteiger partial charge in [0.05, 0.1) is 19.9 Å². The summed E-state index contributed by atoms with van der Waals surface area (Å²) in [5.41, 5.74) is 9.31. The van der Waals surface area contributed by atoms with Crippen molar-refractivity contribution >= 4 is 21.7 Å². The fraction of sp³-hybridized carbons (Fsp3) is 0.100. The number of anilines is 1. The molecule has 0 spiro atoms. The molecule has 1 heterocycles. The van der Waals surface area contributed by atoms with Gasteiger partial charge in [0.2, 0.25) is 0 Å². The van der Waals surface area contributed by atoms with E-state index in [-0.39, 0.29) is 5.82 Å². The van der Waals surface area contributed by atoms with Crippen LogP contribution in [0.4, 0.5) is 5.82 Å². The van der Waals surface area contributed by atoms with E-state index in [2.05, 4.69) is 27.0 Å². The third-order valence-corrected chi connectivity index (χ3v) is 4.47. The highest BCUT2D eigenvalue weighted by atomic mass is 79.9. The molecule has 2 aromatic carbocycles. The summed E-state index contributed by atoms with van der Waals surface area (Å²) in [6.07, 6.45) is 0. The van der Waals surface area contributed by atoms with Crippen molar-refractivity contribution in [2.75, 3.05) is 20.0 Å². The number of nitrogens with zero attached hydrogens (tertiary/aromatic N) is 2. The normalized spacial score (nSPS) is 10.2. The van der Waals surface area contributed by atoms with Crippen molar-refractivity contribution in [2.45, 2.75) is 0 Å². The maximum absolute atomic E-state index is 9.61. The van der Waals surface area contributed by atoms with Gasteiger partial charge in [-0.1, -0.05) is 28.1 Å². The van der Waals surface area contributed by atoms with Crippen LogP contribution in [0.1, 0.15) is 5.56 Å². The Kier molecular flexibility index (Phi) is 5.10. The lowest BCUT2D eigenvalue weighted by molar-refractivity contribution is 0.404. The molecule has 0 atom stereocenters. The molecule has 3 rings (SSSR count). The molecule has 0 fully saturated rings. The van der Waals surface area contributed by atoms with Crippen LogP contribution in [0.15, 0.2) is 53.0 Å². The fourth-order valence-electron chi connectivity index (χ4n) is 2.71. The Bertz CT molecular complexity index is 1010. The molecule has 0 bridgehead atoms. The first-order valence-corrected chi connectivity index (χ1v) is 8.55. The van der Waals surface area contributed by atoms with Crippen LogP contribution in [0.3, 0.4) is 0 Å². The molecular weight excluding hydrogens is 394 g/mol. The second-order valence-electron chi connectivity index (χ2n) is 5.50. The molecule has 0 aliphatic carbocycles. The van der Waals surface area contributed by atoms with Crippen LogP contribution < -0.4 is 15.2 Å². The van der Waals surface area contributed by atoms with Crippen LogP contribution in [0.5, 0.6) is 11.5 Å². The second-order valence-corrected chi connectivity index (χ2v) is 6.42. The van der Waals surface area contributed by atoms with E-state index in [0.29, 0.717) is 33.9 Å². The van der Waals surface area contributed by atoms with Crippen molar-refractivity contribution in [3.05, 3.63) is 58.6 Å². The predicted molar refractivity (Wildman–Crippen MR) is 105 cm³/mol. The maximum atomic E-state index is 9.61. The fourth-order valence-corrected chi connectivity index (χ4v) is 3.11. The summed E-state index contributed by atoms with van der Waals surface area (Å²) in [6.45, 7) is 0. The topological polar surface area (TPSA) is 81.2 Å². The molecule has 0 radical (unpaired) electrons. The molecule has 3 aromatic rings. The molecule has 2 N–H and O–H groups in total. The summed E-state index contributed by atoms with van der Waals surface area (Å²) in [5.74, 6) is 1.45. The number of benzene rings is 2. The van der Waals surface area contributed by atoms with Crippen molar-refractivity contribution in [2.24, 2.45) is 0 Å². The molecule has 0 aliphatic heterocycles. The summed E-state index contributed by atoms with van der Waals surface area (Å²) in [6, 6.07) is 17.1. The van der Waals surface area contributed by atoms with Crippen molar-refractivity contribution in [3.8, 4) is 40.0 Å². The highest BCUT2D eigenvalue weighted by molar-refractivity contribution is 9.10. The van der Waals surface area contributed by atoms with Gasteiger partial charge in [-0.05, 0) is 36.4 Å². The van der Waals surface area contributed by atoms with E-state index in [1.54, 1.807) is 26.4 Å². The minimum Gasteiger partial charge on any atom is -0.497 e. The van der Waals surface area contributed by atoms with Crippen LogP contribution >= 0.6 is 15.9 Å². The number of aromatic nitrogens is 1. The SMILES string of the molecule is COc1ccc(OC)c(-c2cc(-c3cccc(Br)c3)nc(N)c2C#N)c1. The van der Waals surface area contributed by atoms with E-state index >= 15 is 0 Å². The average molecular weight is 410 g/mol. The molecule has 0 saturated heterocycles. The number of pyridine rings is 1. The van der Waals surface area contributed by atoms with Gasteiger partial charge in [0.1, 0.15) is 28.9 Å². The van der Waals surface area contributed by atoms with Crippen LogP contribution in [0.2, 0.25) is 0 Å². The van der Waals surface area contributed by atoms with E-state index in [1.165, 1.54) is 0 Å². The Balaban J connectivity index is 2.29. The third kappa shape index (κ3) is 3.35. The van der Waals surface area contributed by atoms with Crippen LogP contribution in [0, 0.1) is 11.3 Å². The summed E-state index contributed by atoms with van der Waals surface area (Å²) in [4.78, 5) is 4.40. The van der Waals surface area contributed by atoms with Gasteiger partial charge in [-0.3, -0.25) is 0 Å². The van der Waals surface area contributed by atoms with Crippen molar-refractivity contribution in [1.82, 2.24) is 4.98 Å². The molecule has 5 nitrogen and oxygen atoms in total. The lowest BCUT2D eigenvalue weighted by atomic mass is 9.97. The van der Waals surface area contributed by atoms with Gasteiger partial charge in [0.25, 0.3) is 0 Å². The molecule has 6 heteroatoms. The van der Waals surface area contributed by atoms with Gasteiger partial charge in [-0.2, -0.15) is 5.26 Å². The van der Waals surface area contributed by atoms with Gasteiger partial charge in [-0.15, -0.1) is 0 Å². The number of nitriles is 1. The van der Waals surface area contributed by atoms with Crippen LogP contribution in [0.25, 0.3) is 22.4 Å². The monoisotopic (exact) mass is 409 g/mol. The van der Waals surface area contributed by atoms with E-state index in [0.717, 1.165) is 10.0 Å². The third-order valence-electron chi connectivity index (χ3n) is 3.98. The van der Waals surface area contributed by atoms with E-state index in [4.69, 9.17) is 15.2 Å². The summed E-state index contributed by atoms with van der Waals surface area (Å²) >= 11 is 3.46. The van der Waals surface area contributed by atoms with Crippen molar-refractivity contribution in [1.29, 1.82) is 5.26 Å². The molecule has 26 heavy (non-hydrogen) atoms. The number of ether oxygens (including phenoxy) is 2. The molecule has 0 unspecified atom stereocenters. The lowest BCUT2D eigenvalue weighted by Gasteiger charge is -2.14. The zero-order valence-electron chi connectivity index (χ0n) is 14.3. The first-order valence-electron chi connectivity index (χ1n) is 7.76. The number of nitrogens with two attached hydrogens (primary N) is 1. The zero-order chi connectivity index (χ0) is 18.7. The van der Waals surface area contributed by atoms with Gasteiger partial charge in [0, 0.05) is 21.2 Å². The van der Waals surface area contributed by atoms with Gasteiger partial charge in [-0.25, -0.2) is 4.98 Å². The highest BCUT2D eigenvalue weighted by Gasteiger charge is 2.17. The molecule has 130 valence electrons. The van der Waals surface area contributed by atoms with E-state index in [9.17, 15) is 5.26 Å². The number of nitrogen functional groups attached to an aromatic ring is 1. The second kappa shape index (κ2) is 7.46. The minimum atomic E-state index is 0.171. The Hall–Kier alpha value is -3.04. The Morgan fingerprint density at radius 3 is 2.50 bits per heavy atom. The summed E-state index contributed by atoms with van der Waals surface area (Å²) in [5, 5.41) is 9.61. The molecule has 0 amide bonds. The summed E-state index contributed by atoms with van der Waals surface area (Å²) < 4.78 is 11.7. The molecular formula is C20H16BrN3O2. The van der Waals surface area contributed by atoms with Crippen LogP contribution in [-0.4, -0.2) is 19.2 Å². The number of hydrogen-bond donors (Lipinski definition) is 1. The lowest BCUT2D eigenvalue weighted by Crippen LogP contribution is -2.01. The minimum absolute atomic E-state index is 0.171. The molecule has 0 aliphatic rings. The molecule has 1 aromatic heterocycles. The number of methoxy groups -OCH3 is 2. The van der Waals surface area contributed by atoms with Crippen molar-refractivity contribution < 1.29 is 9.47 Å². The van der Waals surface area contributed by atoms with Gasteiger partial charge >= 0.3 is 0 Å². The van der Waals surface area contributed by atoms with Crippen LogP contribution in [-0.2, 0) is 0 Å². The molecule has 0 saturated carbocycles. The van der Waals surface area contributed by atoms with Gasteiger partial charge < -0.3 is 15.2 Å². The highest BCUT2D eigenvalue weighted by Crippen LogP contribution is 2.38. The first-order chi connectivity index (χ1) is 12.6. The first kappa shape index (κ1) is 17.8. The smallest absolute Gasteiger partial charge is 0.142 e. The van der Waals surface area contributed by atoms with Gasteiger partial charge in [0.15, 0.2) is 0 Å². The Morgan fingerprint density at radius 2 is 1.85 bits per heavy atom. The average Bonchev–Trinajstić information content (AvgIpc) is 2.66. The Morgan fingerprint density at radius 1 is 1.04 bits per heavy atom. The Labute approximate surface area is 160 Å². The van der Waals surface area contributed by atoms with Crippen molar-refractivity contribution in [3.63, 3.8) is 0 Å². The maximum Gasteiger partial charge on any atom is 0.142 e. The van der Waals surface area contributed by atoms with E-state index in [1.807, 2.05) is 36.4 Å². The van der Waals surface area contributed by atoms with E-state index < -0.39 is 0 Å². The number of hydrogen-bond acceptors (Lipinski definition) is 5. The largest absolute Gasteiger partial charge is 0.497 e. The predicted octanol–water partition coefficient (Wildman–Crippen LogP) is 4.65. The summed E-state index contributed by atoms with van der Waals surface area (Å²) in [7, 11) is 3.17. The number of rotatable bonds is 4. The zero-order valence-corrected chi connectivity index (χ0v) is 15.9.